The molecule has 1 aromatic heterocycles. The molecule has 120 valence electrons. The van der Waals surface area contributed by atoms with E-state index in [-0.39, 0.29) is 18.0 Å². The molecule has 0 atom stereocenters. The number of nitrogens with two attached hydrogens (primary N) is 1. The zero-order chi connectivity index (χ0) is 17.0. The molecule has 2 rings (SSSR count). The zero-order valence-electron chi connectivity index (χ0n) is 12.6. The molecule has 0 saturated heterocycles. The Kier molecular flexibility index (Phi) is 5.23. The number of ether oxygens (including phenoxy) is 1. The van der Waals surface area contributed by atoms with Crippen LogP contribution in [0.5, 0.6) is 0 Å². The number of methoxy groups -OCH3 is 1. The molecule has 0 radical (unpaired) electrons. The molecule has 0 unspecified atom stereocenters. The van der Waals surface area contributed by atoms with Crippen LogP contribution in [0.2, 0.25) is 0 Å². The standard InChI is InChI=1S/C16H15FN2O3S/c1-9-7-14(23-15(9)16(21)22-2)19-13(18)8-12(20)10-3-5-11(17)6-4-10/h3-7H,8H2,1-2H3,(H2,18,19). The van der Waals surface area contributed by atoms with Crippen molar-refractivity contribution in [3.63, 3.8) is 0 Å². The Morgan fingerprint density at radius 2 is 1.96 bits per heavy atom. The molecule has 0 fully saturated rings. The summed E-state index contributed by atoms with van der Waals surface area (Å²) >= 11 is 1.14. The van der Waals surface area contributed by atoms with Gasteiger partial charge in [-0.15, -0.1) is 11.3 Å². The molecule has 0 aliphatic rings. The molecule has 0 aliphatic carbocycles. The van der Waals surface area contributed by atoms with Crippen molar-refractivity contribution < 1.29 is 18.7 Å². The van der Waals surface area contributed by atoms with Crippen molar-refractivity contribution in [3.8, 4) is 0 Å². The molecule has 7 heteroatoms. The van der Waals surface area contributed by atoms with E-state index in [1.807, 2.05) is 0 Å². The zero-order valence-corrected chi connectivity index (χ0v) is 13.4. The first-order chi connectivity index (χ1) is 10.9. The summed E-state index contributed by atoms with van der Waals surface area (Å²) in [6.45, 7) is 1.77. The first-order valence-electron chi connectivity index (χ1n) is 6.71. The molecule has 1 heterocycles. The summed E-state index contributed by atoms with van der Waals surface area (Å²) in [5.41, 5.74) is 6.89. The average molecular weight is 334 g/mol. The number of hydrogen-bond donors (Lipinski definition) is 1. The number of halogens is 1. The minimum Gasteiger partial charge on any atom is -0.465 e. The monoisotopic (exact) mass is 334 g/mol. The van der Waals surface area contributed by atoms with Crippen molar-refractivity contribution in [1.82, 2.24) is 0 Å². The van der Waals surface area contributed by atoms with Crippen LogP contribution in [0.3, 0.4) is 0 Å². The van der Waals surface area contributed by atoms with Crippen molar-refractivity contribution in [3.05, 3.63) is 52.2 Å². The highest BCUT2D eigenvalue weighted by Gasteiger charge is 2.14. The largest absolute Gasteiger partial charge is 0.465 e. The van der Waals surface area contributed by atoms with E-state index in [9.17, 15) is 14.0 Å². The quantitative estimate of drug-likeness (QED) is 0.394. The number of hydrogen-bond acceptors (Lipinski definition) is 5. The molecule has 5 nitrogen and oxygen atoms in total. The Morgan fingerprint density at radius 1 is 1.30 bits per heavy atom. The summed E-state index contributed by atoms with van der Waals surface area (Å²) in [7, 11) is 1.31. The highest BCUT2D eigenvalue weighted by molar-refractivity contribution is 7.17. The van der Waals surface area contributed by atoms with Crippen LogP contribution in [-0.2, 0) is 4.74 Å². The third kappa shape index (κ3) is 4.23. The lowest BCUT2D eigenvalue weighted by molar-refractivity contribution is 0.0605. The highest BCUT2D eigenvalue weighted by Crippen LogP contribution is 2.29. The van der Waals surface area contributed by atoms with Crippen LogP contribution in [0.4, 0.5) is 9.39 Å². The van der Waals surface area contributed by atoms with Gasteiger partial charge in [-0.05, 0) is 42.8 Å². The predicted molar refractivity (Wildman–Crippen MR) is 87.0 cm³/mol. The number of thiophene rings is 1. The van der Waals surface area contributed by atoms with E-state index in [1.54, 1.807) is 13.0 Å². The number of esters is 1. The fraction of sp³-hybridized carbons (Fsp3) is 0.188. The van der Waals surface area contributed by atoms with Crippen molar-refractivity contribution in [1.29, 1.82) is 0 Å². The van der Waals surface area contributed by atoms with Gasteiger partial charge in [-0.25, -0.2) is 14.2 Å². The van der Waals surface area contributed by atoms with Crippen LogP contribution in [0.1, 0.15) is 32.0 Å². The van der Waals surface area contributed by atoms with E-state index in [4.69, 9.17) is 5.73 Å². The summed E-state index contributed by atoms with van der Waals surface area (Å²) in [6.07, 6.45) is -0.0872. The van der Waals surface area contributed by atoms with Gasteiger partial charge in [-0.1, -0.05) is 0 Å². The van der Waals surface area contributed by atoms with Gasteiger partial charge < -0.3 is 10.5 Å². The number of aliphatic imine (C=N–C) groups is 1. The smallest absolute Gasteiger partial charge is 0.348 e. The molecule has 0 saturated carbocycles. The Labute approximate surface area is 136 Å². The van der Waals surface area contributed by atoms with E-state index in [0.29, 0.717) is 15.4 Å². The molecule has 0 spiro atoms. The minimum atomic E-state index is -0.435. The van der Waals surface area contributed by atoms with E-state index in [2.05, 4.69) is 9.73 Å². The number of Topliss-reactive ketones (excluding diaryl/α,β-unsaturated/α-hetero) is 1. The molecule has 2 N–H and O–H groups in total. The van der Waals surface area contributed by atoms with Gasteiger partial charge in [0.15, 0.2) is 5.78 Å². The fourth-order valence-corrected chi connectivity index (χ4v) is 2.89. The molecular weight excluding hydrogens is 319 g/mol. The normalized spacial score (nSPS) is 11.3. The molecular formula is C16H15FN2O3S. The van der Waals surface area contributed by atoms with Gasteiger partial charge in [0, 0.05) is 5.56 Å². The van der Waals surface area contributed by atoms with Gasteiger partial charge in [-0.2, -0.15) is 0 Å². The number of ketones is 1. The number of amidine groups is 1. The SMILES string of the molecule is COC(=O)c1sc(N=C(N)CC(=O)c2ccc(F)cc2)cc1C. The number of aryl methyl sites for hydroxylation is 1. The van der Waals surface area contributed by atoms with E-state index in [0.717, 1.165) is 16.9 Å². The lowest BCUT2D eigenvalue weighted by Gasteiger charge is -2.00. The maximum absolute atomic E-state index is 12.8. The second-order valence-electron chi connectivity index (χ2n) is 4.80. The molecule has 23 heavy (non-hydrogen) atoms. The van der Waals surface area contributed by atoms with Crippen LogP contribution in [-0.4, -0.2) is 24.7 Å². The first-order valence-corrected chi connectivity index (χ1v) is 7.53. The Hall–Kier alpha value is -2.54. The summed E-state index contributed by atoms with van der Waals surface area (Å²) in [6, 6.07) is 6.93. The lowest BCUT2D eigenvalue weighted by Crippen LogP contribution is -2.16. The van der Waals surface area contributed by atoms with Gasteiger partial charge >= 0.3 is 5.97 Å². The van der Waals surface area contributed by atoms with Gasteiger partial charge in [0.05, 0.1) is 13.5 Å². The Bertz CT molecular complexity index is 766. The number of nitrogens with zero attached hydrogens (tertiary/aromatic N) is 1. The minimum absolute atomic E-state index is 0.0872. The fourth-order valence-electron chi connectivity index (χ4n) is 1.90. The van der Waals surface area contributed by atoms with Gasteiger partial charge in [0.1, 0.15) is 21.5 Å². The van der Waals surface area contributed by atoms with Gasteiger partial charge in [-0.3, -0.25) is 4.79 Å². The topological polar surface area (TPSA) is 81.8 Å². The number of benzene rings is 1. The second-order valence-corrected chi connectivity index (χ2v) is 5.83. The van der Waals surface area contributed by atoms with Crippen LogP contribution in [0.15, 0.2) is 35.3 Å². The van der Waals surface area contributed by atoms with E-state index >= 15 is 0 Å². The Balaban J connectivity index is 2.12. The summed E-state index contributed by atoms with van der Waals surface area (Å²) in [5.74, 6) is -0.979. The highest BCUT2D eigenvalue weighted by atomic mass is 32.1. The number of rotatable bonds is 5. The lowest BCUT2D eigenvalue weighted by atomic mass is 10.1. The predicted octanol–water partition coefficient (Wildman–Crippen LogP) is 3.24. The first kappa shape index (κ1) is 16.8. The molecule has 0 bridgehead atoms. The van der Waals surface area contributed by atoms with Crippen molar-refractivity contribution in [2.24, 2.45) is 10.7 Å². The number of carbonyl (C=O) groups is 2. The van der Waals surface area contributed by atoms with Gasteiger partial charge in [0.25, 0.3) is 0 Å². The van der Waals surface area contributed by atoms with Crippen molar-refractivity contribution >= 4 is 33.9 Å². The summed E-state index contributed by atoms with van der Waals surface area (Å²) in [5, 5.41) is 0.521. The summed E-state index contributed by atoms with van der Waals surface area (Å²) < 4.78 is 17.5. The molecule has 0 aliphatic heterocycles. The van der Waals surface area contributed by atoms with E-state index in [1.165, 1.54) is 31.4 Å². The maximum atomic E-state index is 12.8. The number of carbonyl (C=O) groups excluding carboxylic acids is 2. The third-order valence-corrected chi connectivity index (χ3v) is 4.15. The van der Waals surface area contributed by atoms with Crippen LogP contribution in [0.25, 0.3) is 0 Å². The molecule has 0 amide bonds. The average Bonchev–Trinajstić information content (AvgIpc) is 2.87. The van der Waals surface area contributed by atoms with Crippen LogP contribution >= 0.6 is 11.3 Å². The van der Waals surface area contributed by atoms with Crippen molar-refractivity contribution in [2.45, 2.75) is 13.3 Å². The van der Waals surface area contributed by atoms with Crippen LogP contribution in [0, 0.1) is 12.7 Å². The molecule has 1 aromatic carbocycles. The van der Waals surface area contributed by atoms with E-state index < -0.39 is 11.8 Å². The molecule has 2 aromatic rings. The van der Waals surface area contributed by atoms with Crippen LogP contribution < -0.4 is 5.73 Å². The van der Waals surface area contributed by atoms with Gasteiger partial charge in [0.2, 0.25) is 0 Å². The Morgan fingerprint density at radius 3 is 2.57 bits per heavy atom. The maximum Gasteiger partial charge on any atom is 0.348 e. The second kappa shape index (κ2) is 7.15. The van der Waals surface area contributed by atoms with Crippen molar-refractivity contribution in [2.75, 3.05) is 7.11 Å². The summed E-state index contributed by atoms with van der Waals surface area (Å²) in [4.78, 5) is 28.2. The third-order valence-electron chi connectivity index (χ3n) is 3.04.